The van der Waals surface area contributed by atoms with Crippen LogP contribution in [-0.4, -0.2) is 82.9 Å². The van der Waals surface area contributed by atoms with Crippen molar-refractivity contribution in [2.45, 2.75) is 56.8 Å². The molecular weight excluding hydrogens is 486 g/mol. The summed E-state index contributed by atoms with van der Waals surface area (Å²) in [6.07, 6.45) is 6.70. The van der Waals surface area contributed by atoms with Gasteiger partial charge in [0.15, 0.2) is 0 Å². The Morgan fingerprint density at radius 2 is 1.97 bits per heavy atom. The van der Waals surface area contributed by atoms with Crippen molar-refractivity contribution in [1.29, 1.82) is 0 Å². The van der Waals surface area contributed by atoms with Crippen molar-refractivity contribution >= 4 is 23.8 Å². The van der Waals surface area contributed by atoms with Crippen LogP contribution < -0.4 is 16.0 Å². The van der Waals surface area contributed by atoms with Gasteiger partial charge < -0.3 is 25.9 Å². The summed E-state index contributed by atoms with van der Waals surface area (Å²) in [7, 11) is 1.40. The summed E-state index contributed by atoms with van der Waals surface area (Å²) >= 11 is 0. The van der Waals surface area contributed by atoms with Crippen molar-refractivity contribution in [3.8, 4) is 0 Å². The first kappa shape index (κ1) is 26.1. The van der Waals surface area contributed by atoms with Gasteiger partial charge in [0, 0.05) is 44.3 Å². The van der Waals surface area contributed by atoms with Crippen LogP contribution in [-0.2, 0) is 22.6 Å². The van der Waals surface area contributed by atoms with Crippen LogP contribution >= 0.6 is 0 Å². The van der Waals surface area contributed by atoms with Crippen LogP contribution in [0, 0.1) is 5.41 Å². The number of rotatable bonds is 10. The van der Waals surface area contributed by atoms with Crippen molar-refractivity contribution in [3.63, 3.8) is 0 Å². The second-order valence-corrected chi connectivity index (χ2v) is 10.7. The molecule has 1 aliphatic heterocycles. The zero-order valence-corrected chi connectivity index (χ0v) is 21.6. The van der Waals surface area contributed by atoms with Crippen LogP contribution in [0.1, 0.15) is 47.3 Å². The van der Waals surface area contributed by atoms with E-state index in [1.807, 2.05) is 6.07 Å². The van der Waals surface area contributed by atoms with Crippen molar-refractivity contribution in [2.24, 2.45) is 10.6 Å². The van der Waals surface area contributed by atoms with Crippen molar-refractivity contribution in [1.82, 2.24) is 25.5 Å². The van der Waals surface area contributed by atoms with E-state index >= 15 is 0 Å². The molecule has 2 aliphatic carbocycles. The molecule has 2 heterocycles. The summed E-state index contributed by atoms with van der Waals surface area (Å²) in [6, 6.07) is 10.5. The number of fused-ring (bicyclic) bond motifs is 1. The molecule has 1 atom stereocenters. The summed E-state index contributed by atoms with van der Waals surface area (Å²) in [5.41, 5.74) is 3.18. The van der Waals surface area contributed by atoms with Crippen LogP contribution in [0.4, 0.5) is 5.82 Å². The normalized spacial score (nSPS) is 25.1. The lowest BCUT2D eigenvalue weighted by Crippen LogP contribution is -2.59. The molecule has 4 N–H and O–H groups in total. The molecular formula is C27H35N7O4. The van der Waals surface area contributed by atoms with E-state index in [2.05, 4.69) is 59.0 Å². The fourth-order valence-electron chi connectivity index (χ4n) is 5.99. The summed E-state index contributed by atoms with van der Waals surface area (Å²) in [6.45, 7) is 2.36. The maximum atomic E-state index is 12.7. The quantitative estimate of drug-likeness (QED) is 0.269. The molecule has 1 aromatic heterocycles. The van der Waals surface area contributed by atoms with Gasteiger partial charge in [0.05, 0.1) is 6.10 Å². The van der Waals surface area contributed by atoms with E-state index in [-0.39, 0.29) is 41.6 Å². The molecule has 2 aromatic rings. The fraction of sp³-hybridized carbons (Fsp3) is 0.519. The molecule has 0 unspecified atom stereocenters. The topological polar surface area (TPSA) is 141 Å². The average Bonchev–Trinajstić information content (AvgIpc) is 2.88. The maximum Gasteiger partial charge on any atom is 0.270 e. The number of nitrogens with zero attached hydrogens (tertiary/aromatic N) is 4. The Bertz CT molecular complexity index is 1180. The van der Waals surface area contributed by atoms with Gasteiger partial charge in [-0.15, -0.1) is 0 Å². The third kappa shape index (κ3) is 6.28. The standard InChI is InChI=1S/C27H35N7O4/c1-38-31-14-25(36)33-21-11-27(12-21)9-20(10-27)32-24-8-23(29-17-30-24)26(37)28-13-22(35)16-34-7-6-18-4-2-3-5-19(18)15-34/h2-5,8,14,17,20-22,35H,6-7,9-13,15-16H2,1H3,(H,28,37)(H,33,36)(H,29,30,32)/b31-14-/t20?,21?,22-,27?/m0/s1. The maximum absolute atomic E-state index is 12.7. The first-order chi connectivity index (χ1) is 18.4. The minimum Gasteiger partial charge on any atom is -0.399 e. The van der Waals surface area contributed by atoms with Crippen molar-refractivity contribution < 1.29 is 19.5 Å². The lowest BCUT2D eigenvalue weighted by molar-refractivity contribution is -0.117. The summed E-state index contributed by atoms with van der Waals surface area (Å²) < 4.78 is 0. The lowest BCUT2D eigenvalue weighted by Gasteiger charge is -2.57. The van der Waals surface area contributed by atoms with Gasteiger partial charge in [-0.1, -0.05) is 29.4 Å². The van der Waals surface area contributed by atoms with Gasteiger partial charge in [-0.3, -0.25) is 14.5 Å². The molecule has 2 amide bonds. The number of carbonyl (C=O) groups is 2. The zero-order chi connectivity index (χ0) is 26.5. The molecule has 11 heteroatoms. The highest BCUT2D eigenvalue weighted by Crippen LogP contribution is 2.56. The molecule has 38 heavy (non-hydrogen) atoms. The number of benzene rings is 1. The van der Waals surface area contributed by atoms with E-state index in [1.165, 1.54) is 24.6 Å². The molecule has 1 spiro atoms. The molecule has 3 aliphatic rings. The number of carbonyl (C=O) groups excluding carboxylic acids is 2. The number of β-amino-alcohol motifs (C(OH)–C–C–N with tert-alkyl or cyclic N) is 1. The third-order valence-electron chi connectivity index (χ3n) is 7.77. The number of aliphatic hydroxyl groups is 1. The monoisotopic (exact) mass is 521 g/mol. The molecule has 0 saturated heterocycles. The fourth-order valence-corrected chi connectivity index (χ4v) is 5.99. The van der Waals surface area contributed by atoms with E-state index in [1.54, 1.807) is 6.07 Å². The molecule has 2 saturated carbocycles. The van der Waals surface area contributed by atoms with Gasteiger partial charge in [-0.2, -0.15) is 0 Å². The van der Waals surface area contributed by atoms with Gasteiger partial charge in [-0.05, 0) is 48.6 Å². The number of aliphatic hydroxyl groups excluding tert-OH is 1. The average molecular weight is 522 g/mol. The van der Waals surface area contributed by atoms with Gasteiger partial charge in [-0.25, -0.2) is 9.97 Å². The Morgan fingerprint density at radius 3 is 2.76 bits per heavy atom. The van der Waals surface area contributed by atoms with E-state index in [0.717, 1.165) is 51.4 Å². The highest BCUT2D eigenvalue weighted by molar-refractivity contribution is 6.26. The smallest absolute Gasteiger partial charge is 0.270 e. The van der Waals surface area contributed by atoms with E-state index < -0.39 is 6.10 Å². The number of oxime groups is 1. The number of aromatic nitrogens is 2. The summed E-state index contributed by atoms with van der Waals surface area (Å²) in [5, 5.41) is 23.1. The first-order valence-corrected chi connectivity index (χ1v) is 13.1. The molecule has 0 bridgehead atoms. The van der Waals surface area contributed by atoms with Crippen LogP contribution in [0.5, 0.6) is 0 Å². The molecule has 5 rings (SSSR count). The zero-order valence-electron chi connectivity index (χ0n) is 21.6. The lowest BCUT2D eigenvalue weighted by atomic mass is 9.52. The number of anilines is 1. The molecule has 11 nitrogen and oxygen atoms in total. The van der Waals surface area contributed by atoms with Crippen molar-refractivity contribution in [3.05, 3.63) is 53.5 Å². The Kier molecular flexibility index (Phi) is 7.85. The number of hydrogen-bond donors (Lipinski definition) is 4. The van der Waals surface area contributed by atoms with Gasteiger partial charge in [0.25, 0.3) is 11.8 Å². The molecule has 1 aromatic carbocycles. The van der Waals surface area contributed by atoms with Crippen LogP contribution in [0.25, 0.3) is 0 Å². The summed E-state index contributed by atoms with van der Waals surface area (Å²) in [4.78, 5) is 39.5. The number of hydrogen-bond acceptors (Lipinski definition) is 9. The second-order valence-electron chi connectivity index (χ2n) is 10.7. The van der Waals surface area contributed by atoms with Gasteiger partial charge in [0.1, 0.15) is 31.2 Å². The van der Waals surface area contributed by atoms with Crippen LogP contribution in [0.2, 0.25) is 0 Å². The SMILES string of the molecule is CO/N=C\C(=O)NC1CC2(C1)CC(Nc1cc(C(=O)NC[C@H](O)CN3CCc4ccccc4C3)ncn1)C2. The van der Waals surface area contributed by atoms with E-state index in [0.29, 0.717) is 12.4 Å². The van der Waals surface area contributed by atoms with E-state index in [9.17, 15) is 14.7 Å². The first-order valence-electron chi connectivity index (χ1n) is 13.1. The minimum absolute atomic E-state index is 0.157. The van der Waals surface area contributed by atoms with E-state index in [4.69, 9.17) is 0 Å². The minimum atomic E-state index is -0.668. The number of amides is 2. The Labute approximate surface area is 222 Å². The van der Waals surface area contributed by atoms with Gasteiger partial charge >= 0.3 is 0 Å². The van der Waals surface area contributed by atoms with Crippen LogP contribution in [0.15, 0.2) is 41.8 Å². The van der Waals surface area contributed by atoms with Crippen molar-refractivity contribution in [2.75, 3.05) is 32.1 Å². The summed E-state index contributed by atoms with van der Waals surface area (Å²) in [5.74, 6) is 0.0351. The Hall–Kier alpha value is -3.57. The highest BCUT2D eigenvalue weighted by Gasteiger charge is 2.53. The molecule has 202 valence electrons. The predicted molar refractivity (Wildman–Crippen MR) is 142 cm³/mol. The Balaban J connectivity index is 1.02. The Morgan fingerprint density at radius 1 is 1.21 bits per heavy atom. The number of nitrogens with one attached hydrogen (secondary N) is 3. The predicted octanol–water partition coefficient (Wildman–Crippen LogP) is 1.10. The molecule has 2 fully saturated rings. The van der Waals surface area contributed by atoms with Gasteiger partial charge in [0.2, 0.25) is 0 Å². The second kappa shape index (κ2) is 11.4. The largest absolute Gasteiger partial charge is 0.399 e. The molecule has 0 radical (unpaired) electrons. The van der Waals surface area contributed by atoms with Crippen LogP contribution in [0.3, 0.4) is 0 Å². The highest BCUT2D eigenvalue weighted by atomic mass is 16.6. The third-order valence-corrected chi connectivity index (χ3v) is 7.77.